The number of aromatic nitrogens is 1. The number of benzene rings is 1. The molecule has 2 rings (SSSR count). The Labute approximate surface area is 89.1 Å². The van der Waals surface area contributed by atoms with Gasteiger partial charge < -0.3 is 5.11 Å². The summed E-state index contributed by atoms with van der Waals surface area (Å²) < 4.78 is 2.16. The van der Waals surface area contributed by atoms with Crippen LogP contribution in [0.5, 0.6) is 0 Å². The second kappa shape index (κ2) is 3.13. The van der Waals surface area contributed by atoms with Gasteiger partial charge in [-0.05, 0) is 25.1 Å². The van der Waals surface area contributed by atoms with Gasteiger partial charge in [-0.1, -0.05) is 22.0 Å². The van der Waals surface area contributed by atoms with Crippen molar-refractivity contribution in [3.63, 3.8) is 0 Å². The van der Waals surface area contributed by atoms with Crippen molar-refractivity contribution >= 4 is 32.9 Å². The lowest BCUT2D eigenvalue weighted by molar-refractivity contribution is 0.197. The summed E-state index contributed by atoms with van der Waals surface area (Å²) >= 11 is 3.32. The van der Waals surface area contributed by atoms with Gasteiger partial charge in [0.2, 0.25) is 0 Å². The van der Waals surface area contributed by atoms with E-state index >= 15 is 0 Å². The van der Waals surface area contributed by atoms with E-state index < -0.39 is 6.09 Å². The second-order valence-corrected chi connectivity index (χ2v) is 4.02. The average molecular weight is 254 g/mol. The Morgan fingerprint density at radius 1 is 1.43 bits per heavy atom. The van der Waals surface area contributed by atoms with Crippen LogP contribution in [-0.4, -0.2) is 15.8 Å². The van der Waals surface area contributed by atoms with E-state index in [4.69, 9.17) is 5.11 Å². The van der Waals surface area contributed by atoms with Gasteiger partial charge >= 0.3 is 6.09 Å². The van der Waals surface area contributed by atoms with Gasteiger partial charge in [0.05, 0.1) is 5.52 Å². The molecular weight excluding hydrogens is 246 g/mol. The maximum Gasteiger partial charge on any atom is 0.416 e. The molecule has 1 aromatic carbocycles. The van der Waals surface area contributed by atoms with Gasteiger partial charge in [-0.3, -0.25) is 0 Å². The number of hydrogen-bond donors (Lipinski definition) is 1. The number of carbonyl (C=O) groups is 1. The minimum Gasteiger partial charge on any atom is -0.464 e. The molecule has 3 nitrogen and oxygen atoms in total. The minimum atomic E-state index is -0.949. The van der Waals surface area contributed by atoms with Crippen molar-refractivity contribution < 1.29 is 9.90 Å². The number of fused-ring (bicyclic) bond motifs is 1. The third-order valence-electron chi connectivity index (χ3n) is 2.14. The summed E-state index contributed by atoms with van der Waals surface area (Å²) in [5, 5.41) is 9.93. The van der Waals surface area contributed by atoms with Crippen LogP contribution in [0.15, 0.2) is 28.7 Å². The van der Waals surface area contributed by atoms with Gasteiger partial charge in [0.1, 0.15) is 0 Å². The molecule has 0 spiro atoms. The largest absolute Gasteiger partial charge is 0.464 e. The molecule has 0 aliphatic carbocycles. The van der Waals surface area contributed by atoms with Gasteiger partial charge in [-0.2, -0.15) is 0 Å². The van der Waals surface area contributed by atoms with E-state index in [9.17, 15) is 4.79 Å². The lowest BCUT2D eigenvalue weighted by Gasteiger charge is -2.00. The van der Waals surface area contributed by atoms with Gasteiger partial charge in [0.25, 0.3) is 0 Å². The Bertz CT molecular complexity index is 516. The highest BCUT2D eigenvalue weighted by atomic mass is 79.9. The molecule has 1 heterocycles. The van der Waals surface area contributed by atoms with E-state index in [1.165, 1.54) is 4.57 Å². The number of hydrogen-bond acceptors (Lipinski definition) is 1. The van der Waals surface area contributed by atoms with Crippen molar-refractivity contribution in [1.29, 1.82) is 0 Å². The van der Waals surface area contributed by atoms with E-state index in [-0.39, 0.29) is 0 Å². The first kappa shape index (κ1) is 9.27. The molecule has 0 atom stereocenters. The maximum atomic E-state index is 11.0. The Morgan fingerprint density at radius 2 is 2.14 bits per heavy atom. The number of nitrogens with zero attached hydrogens (tertiary/aromatic N) is 1. The van der Waals surface area contributed by atoms with Gasteiger partial charge in [-0.25, -0.2) is 9.36 Å². The van der Waals surface area contributed by atoms with Crippen molar-refractivity contribution in [2.75, 3.05) is 0 Å². The number of halogens is 1. The molecule has 72 valence electrons. The van der Waals surface area contributed by atoms with Crippen molar-refractivity contribution in [1.82, 2.24) is 4.57 Å². The highest BCUT2D eigenvalue weighted by molar-refractivity contribution is 9.10. The normalized spacial score (nSPS) is 10.7. The molecule has 2 aromatic rings. The lowest BCUT2D eigenvalue weighted by atomic mass is 10.2. The highest BCUT2D eigenvalue weighted by Crippen LogP contribution is 2.23. The molecule has 0 amide bonds. The van der Waals surface area contributed by atoms with Crippen LogP contribution in [0, 0.1) is 6.92 Å². The SMILES string of the molecule is Cc1cc2ccc(Br)cc2n1C(=O)O. The minimum absolute atomic E-state index is 0.712. The van der Waals surface area contributed by atoms with Crippen molar-refractivity contribution in [3.05, 3.63) is 34.4 Å². The zero-order valence-corrected chi connectivity index (χ0v) is 9.08. The van der Waals surface area contributed by atoms with E-state index in [1.807, 2.05) is 18.2 Å². The third kappa shape index (κ3) is 1.32. The quantitative estimate of drug-likeness (QED) is 0.784. The van der Waals surface area contributed by atoms with E-state index in [2.05, 4.69) is 15.9 Å². The Hall–Kier alpha value is -1.29. The number of carboxylic acid groups (broad SMARTS) is 1. The summed E-state index contributed by atoms with van der Waals surface area (Å²) in [5.74, 6) is 0. The zero-order chi connectivity index (χ0) is 10.3. The molecular formula is C10H8BrNO2. The first-order valence-electron chi connectivity index (χ1n) is 4.10. The van der Waals surface area contributed by atoms with Crippen LogP contribution >= 0.6 is 15.9 Å². The van der Waals surface area contributed by atoms with Crippen molar-refractivity contribution in [3.8, 4) is 0 Å². The molecule has 1 aromatic heterocycles. The summed E-state index contributed by atoms with van der Waals surface area (Å²) in [7, 11) is 0. The van der Waals surface area contributed by atoms with Crippen LogP contribution in [0.25, 0.3) is 10.9 Å². The first-order chi connectivity index (χ1) is 6.59. The van der Waals surface area contributed by atoms with Gasteiger partial charge in [0, 0.05) is 15.6 Å². The standard InChI is InChI=1S/C10H8BrNO2/c1-6-4-7-2-3-8(11)5-9(7)12(6)10(13)14/h2-5H,1H3,(H,13,14). The topological polar surface area (TPSA) is 42.2 Å². The third-order valence-corrected chi connectivity index (χ3v) is 2.64. The Balaban J connectivity index is 2.86. The van der Waals surface area contributed by atoms with Crippen LogP contribution in [-0.2, 0) is 0 Å². The molecule has 4 heteroatoms. The molecule has 0 bridgehead atoms. The Morgan fingerprint density at radius 3 is 2.79 bits per heavy atom. The van der Waals surface area contributed by atoms with Crippen LogP contribution in [0.2, 0.25) is 0 Å². The number of aryl methyl sites for hydroxylation is 1. The van der Waals surface area contributed by atoms with Gasteiger partial charge in [0.15, 0.2) is 0 Å². The average Bonchev–Trinajstić information content (AvgIpc) is 2.40. The molecule has 0 unspecified atom stereocenters. The van der Waals surface area contributed by atoms with Crippen LogP contribution in [0.1, 0.15) is 5.69 Å². The summed E-state index contributed by atoms with van der Waals surface area (Å²) in [4.78, 5) is 11.0. The predicted molar refractivity (Wildman–Crippen MR) is 57.8 cm³/mol. The fourth-order valence-electron chi connectivity index (χ4n) is 1.57. The smallest absolute Gasteiger partial charge is 0.416 e. The summed E-state index contributed by atoms with van der Waals surface area (Å²) in [5.41, 5.74) is 1.44. The van der Waals surface area contributed by atoms with Crippen molar-refractivity contribution in [2.24, 2.45) is 0 Å². The fourth-order valence-corrected chi connectivity index (χ4v) is 1.92. The van der Waals surface area contributed by atoms with Crippen LogP contribution < -0.4 is 0 Å². The molecule has 14 heavy (non-hydrogen) atoms. The molecule has 0 saturated heterocycles. The zero-order valence-electron chi connectivity index (χ0n) is 7.49. The van der Waals surface area contributed by atoms with E-state index in [0.29, 0.717) is 5.52 Å². The summed E-state index contributed by atoms with van der Waals surface area (Å²) in [6, 6.07) is 7.45. The fraction of sp³-hybridized carbons (Fsp3) is 0.100. The molecule has 0 fully saturated rings. The van der Waals surface area contributed by atoms with Crippen LogP contribution in [0.4, 0.5) is 4.79 Å². The Kier molecular flexibility index (Phi) is 2.07. The molecule has 0 aliphatic heterocycles. The molecule has 0 aliphatic rings. The number of rotatable bonds is 0. The monoisotopic (exact) mass is 253 g/mol. The first-order valence-corrected chi connectivity index (χ1v) is 4.90. The van der Waals surface area contributed by atoms with E-state index in [1.54, 1.807) is 13.0 Å². The molecule has 0 radical (unpaired) electrons. The van der Waals surface area contributed by atoms with E-state index in [0.717, 1.165) is 15.6 Å². The summed E-state index contributed by atoms with van der Waals surface area (Å²) in [6.45, 7) is 1.78. The van der Waals surface area contributed by atoms with Crippen molar-refractivity contribution in [2.45, 2.75) is 6.92 Å². The highest BCUT2D eigenvalue weighted by Gasteiger charge is 2.10. The molecule has 1 N–H and O–H groups in total. The van der Waals surface area contributed by atoms with Crippen LogP contribution in [0.3, 0.4) is 0 Å². The molecule has 0 saturated carbocycles. The second-order valence-electron chi connectivity index (χ2n) is 3.11. The lowest BCUT2D eigenvalue weighted by Crippen LogP contribution is -2.08. The summed E-state index contributed by atoms with van der Waals surface area (Å²) in [6.07, 6.45) is -0.949. The maximum absolute atomic E-state index is 11.0. The van der Waals surface area contributed by atoms with Gasteiger partial charge in [-0.15, -0.1) is 0 Å². The predicted octanol–water partition coefficient (Wildman–Crippen LogP) is 3.24.